The van der Waals surface area contributed by atoms with Crippen LogP contribution in [0.25, 0.3) is 0 Å². The lowest BCUT2D eigenvalue weighted by Gasteiger charge is -2.35. The monoisotopic (exact) mass is 272 g/mol. The van der Waals surface area contributed by atoms with Gasteiger partial charge in [0.2, 0.25) is 0 Å². The highest BCUT2D eigenvalue weighted by Gasteiger charge is 2.30. The molecule has 0 aromatic carbocycles. The van der Waals surface area contributed by atoms with Crippen molar-refractivity contribution < 1.29 is 19.4 Å². The largest absolute Gasteiger partial charge is 0.481 e. The summed E-state index contributed by atoms with van der Waals surface area (Å²) in [5, 5.41) is 14.5. The number of hydrogen-bond acceptors (Lipinski definition) is 3. The molecule has 0 saturated carbocycles. The lowest BCUT2D eigenvalue weighted by atomic mass is 9.93. The minimum absolute atomic E-state index is 0.0646. The molecule has 1 unspecified atom stereocenters. The molecule has 0 spiro atoms. The molecule has 0 aromatic heterocycles. The Morgan fingerprint density at radius 2 is 1.89 bits per heavy atom. The van der Waals surface area contributed by atoms with E-state index in [0.717, 1.165) is 12.8 Å². The Morgan fingerprint density at radius 3 is 2.37 bits per heavy atom. The average Bonchev–Trinajstić information content (AvgIpc) is 2.27. The van der Waals surface area contributed by atoms with Crippen molar-refractivity contribution in [3.05, 3.63) is 0 Å². The fourth-order valence-electron chi connectivity index (χ4n) is 2.07. The van der Waals surface area contributed by atoms with Crippen LogP contribution in [-0.4, -0.2) is 41.9 Å². The molecule has 1 rings (SSSR count). The second-order valence-corrected chi connectivity index (χ2v) is 5.72. The normalized spacial score (nSPS) is 19.8. The SMILES string of the molecule is CC(C)C(CC(=O)O)NC(=O)NC1(C)CCOCC1. The summed E-state index contributed by atoms with van der Waals surface area (Å²) in [7, 11) is 0. The van der Waals surface area contributed by atoms with Crippen molar-refractivity contribution in [1.29, 1.82) is 0 Å². The fourth-order valence-corrected chi connectivity index (χ4v) is 2.07. The summed E-state index contributed by atoms with van der Waals surface area (Å²) in [6, 6.07) is -0.662. The van der Waals surface area contributed by atoms with Crippen LogP contribution in [0.1, 0.15) is 40.0 Å². The average molecular weight is 272 g/mol. The minimum Gasteiger partial charge on any atom is -0.481 e. The van der Waals surface area contributed by atoms with Gasteiger partial charge in [-0.05, 0) is 25.7 Å². The molecule has 2 amide bonds. The first-order valence-electron chi connectivity index (χ1n) is 6.70. The van der Waals surface area contributed by atoms with E-state index in [4.69, 9.17) is 9.84 Å². The second kappa shape index (κ2) is 6.75. The van der Waals surface area contributed by atoms with Gasteiger partial charge in [0.1, 0.15) is 0 Å². The predicted octanol–water partition coefficient (Wildman–Crippen LogP) is 1.35. The first-order valence-corrected chi connectivity index (χ1v) is 6.70. The molecular formula is C13H24N2O4. The molecular weight excluding hydrogens is 248 g/mol. The lowest BCUT2D eigenvalue weighted by molar-refractivity contribution is -0.137. The van der Waals surface area contributed by atoms with Gasteiger partial charge in [-0.1, -0.05) is 13.8 Å². The zero-order valence-corrected chi connectivity index (χ0v) is 11.9. The highest BCUT2D eigenvalue weighted by atomic mass is 16.5. The molecule has 1 aliphatic rings. The lowest BCUT2D eigenvalue weighted by Crippen LogP contribution is -2.55. The standard InChI is InChI=1S/C13H24N2O4/c1-9(2)10(8-11(16)17)14-12(18)15-13(3)4-6-19-7-5-13/h9-10H,4-8H2,1-3H3,(H,16,17)(H2,14,15,18). The Morgan fingerprint density at radius 1 is 1.32 bits per heavy atom. The van der Waals surface area contributed by atoms with Crippen LogP contribution < -0.4 is 10.6 Å². The van der Waals surface area contributed by atoms with Crippen LogP contribution in [0.4, 0.5) is 4.79 Å². The van der Waals surface area contributed by atoms with E-state index in [1.165, 1.54) is 0 Å². The van der Waals surface area contributed by atoms with Crippen molar-refractivity contribution in [1.82, 2.24) is 10.6 Å². The van der Waals surface area contributed by atoms with Crippen LogP contribution in [0.2, 0.25) is 0 Å². The van der Waals surface area contributed by atoms with Crippen molar-refractivity contribution >= 4 is 12.0 Å². The molecule has 1 aliphatic heterocycles. The number of aliphatic carboxylic acids is 1. The van der Waals surface area contributed by atoms with Gasteiger partial charge in [0, 0.05) is 24.8 Å². The Bertz CT molecular complexity index is 325. The van der Waals surface area contributed by atoms with Crippen LogP contribution in [0.15, 0.2) is 0 Å². The molecule has 6 nitrogen and oxygen atoms in total. The quantitative estimate of drug-likeness (QED) is 0.705. The van der Waals surface area contributed by atoms with E-state index in [1.54, 1.807) is 0 Å². The van der Waals surface area contributed by atoms with Crippen molar-refractivity contribution in [2.24, 2.45) is 5.92 Å². The van der Waals surface area contributed by atoms with Gasteiger partial charge in [0.25, 0.3) is 0 Å². The number of urea groups is 1. The van der Waals surface area contributed by atoms with Crippen LogP contribution in [0.3, 0.4) is 0 Å². The Balaban J connectivity index is 2.49. The maximum atomic E-state index is 12.0. The van der Waals surface area contributed by atoms with Crippen LogP contribution in [-0.2, 0) is 9.53 Å². The molecule has 1 fully saturated rings. The first-order chi connectivity index (χ1) is 8.82. The summed E-state index contributed by atoms with van der Waals surface area (Å²) < 4.78 is 5.27. The first kappa shape index (κ1) is 15.8. The van der Waals surface area contributed by atoms with E-state index in [2.05, 4.69) is 10.6 Å². The van der Waals surface area contributed by atoms with E-state index >= 15 is 0 Å². The van der Waals surface area contributed by atoms with E-state index in [1.807, 2.05) is 20.8 Å². The topological polar surface area (TPSA) is 87.7 Å². The summed E-state index contributed by atoms with van der Waals surface area (Å²) in [5.74, 6) is -0.833. The molecule has 1 saturated heterocycles. The van der Waals surface area contributed by atoms with Crippen LogP contribution in [0, 0.1) is 5.92 Å². The Labute approximate surface area is 113 Å². The van der Waals surface area contributed by atoms with E-state index in [0.29, 0.717) is 13.2 Å². The molecule has 19 heavy (non-hydrogen) atoms. The third-order valence-corrected chi connectivity index (χ3v) is 3.53. The summed E-state index contributed by atoms with van der Waals surface area (Å²) in [6.45, 7) is 7.05. The summed E-state index contributed by atoms with van der Waals surface area (Å²) in [6.07, 6.45) is 1.47. The molecule has 0 radical (unpaired) electrons. The van der Waals surface area contributed by atoms with Gasteiger partial charge in [0.05, 0.1) is 6.42 Å². The third kappa shape index (κ3) is 5.46. The summed E-state index contributed by atoms with van der Waals surface area (Å²) in [4.78, 5) is 22.7. The van der Waals surface area contributed by atoms with Crippen molar-refractivity contribution in [2.75, 3.05) is 13.2 Å². The number of carbonyl (C=O) groups is 2. The smallest absolute Gasteiger partial charge is 0.315 e. The number of ether oxygens (including phenoxy) is 1. The molecule has 110 valence electrons. The van der Waals surface area contributed by atoms with Gasteiger partial charge >= 0.3 is 12.0 Å². The Kier molecular flexibility index (Phi) is 5.60. The summed E-state index contributed by atoms with van der Waals surface area (Å²) >= 11 is 0. The number of hydrogen-bond donors (Lipinski definition) is 3. The Hall–Kier alpha value is -1.30. The van der Waals surface area contributed by atoms with Gasteiger partial charge in [-0.3, -0.25) is 4.79 Å². The zero-order chi connectivity index (χ0) is 14.5. The van der Waals surface area contributed by atoms with Crippen LogP contribution in [0.5, 0.6) is 0 Å². The number of rotatable bonds is 5. The van der Waals surface area contributed by atoms with Gasteiger partial charge < -0.3 is 20.5 Å². The van der Waals surface area contributed by atoms with Crippen molar-refractivity contribution in [3.63, 3.8) is 0 Å². The molecule has 3 N–H and O–H groups in total. The molecule has 6 heteroatoms. The zero-order valence-electron chi connectivity index (χ0n) is 11.9. The van der Waals surface area contributed by atoms with E-state index in [-0.39, 0.29) is 30.0 Å². The predicted molar refractivity (Wildman–Crippen MR) is 71.0 cm³/mol. The van der Waals surface area contributed by atoms with E-state index < -0.39 is 5.97 Å². The van der Waals surface area contributed by atoms with Gasteiger partial charge in [-0.2, -0.15) is 0 Å². The van der Waals surface area contributed by atoms with Gasteiger partial charge in [0.15, 0.2) is 0 Å². The van der Waals surface area contributed by atoms with Gasteiger partial charge in [-0.15, -0.1) is 0 Å². The van der Waals surface area contributed by atoms with Crippen molar-refractivity contribution in [3.8, 4) is 0 Å². The minimum atomic E-state index is -0.906. The van der Waals surface area contributed by atoms with Crippen molar-refractivity contribution in [2.45, 2.75) is 51.6 Å². The summed E-state index contributed by atoms with van der Waals surface area (Å²) in [5.41, 5.74) is -0.271. The number of carbonyl (C=O) groups excluding carboxylic acids is 1. The number of nitrogens with one attached hydrogen (secondary N) is 2. The fraction of sp³-hybridized carbons (Fsp3) is 0.846. The second-order valence-electron chi connectivity index (χ2n) is 5.72. The molecule has 1 heterocycles. The maximum Gasteiger partial charge on any atom is 0.315 e. The van der Waals surface area contributed by atoms with E-state index in [9.17, 15) is 9.59 Å². The van der Waals surface area contributed by atoms with Gasteiger partial charge in [-0.25, -0.2) is 4.79 Å². The third-order valence-electron chi connectivity index (χ3n) is 3.53. The highest BCUT2D eigenvalue weighted by Crippen LogP contribution is 2.19. The van der Waals surface area contributed by atoms with Crippen LogP contribution >= 0.6 is 0 Å². The number of amides is 2. The molecule has 0 aromatic rings. The molecule has 0 aliphatic carbocycles. The highest BCUT2D eigenvalue weighted by molar-refractivity contribution is 5.76. The molecule has 0 bridgehead atoms. The number of carboxylic acid groups (broad SMARTS) is 1. The number of carboxylic acids is 1. The molecule has 1 atom stereocenters. The maximum absolute atomic E-state index is 12.0.